The van der Waals surface area contributed by atoms with Crippen molar-refractivity contribution >= 4 is 6.41 Å². The number of hydrogen-bond acceptors (Lipinski definition) is 2. The van der Waals surface area contributed by atoms with E-state index in [1.54, 1.807) is 13.8 Å². The largest absolute Gasteiger partial charge is 0.388 e. The van der Waals surface area contributed by atoms with Crippen molar-refractivity contribution in [3.63, 3.8) is 0 Å². The molecule has 0 fully saturated rings. The Hall–Kier alpha value is -0.570. The summed E-state index contributed by atoms with van der Waals surface area (Å²) >= 11 is 0. The number of aliphatic hydroxyl groups is 1. The fraction of sp³-hybridized carbons (Fsp3) is 0.875. The summed E-state index contributed by atoms with van der Waals surface area (Å²) in [6.45, 7) is 7.29. The standard InChI is InChI=1S/C8H17NO2/c1-6(2)7(9-5-10)8(3,4)11/h5-7,11H,1-4H3,(H,9,10)/t7-/m0/s1. The molecule has 0 aliphatic heterocycles. The molecular weight excluding hydrogens is 142 g/mol. The van der Waals surface area contributed by atoms with Crippen molar-refractivity contribution in [1.82, 2.24) is 5.32 Å². The molecule has 0 aromatic rings. The molecule has 2 N–H and O–H groups in total. The van der Waals surface area contributed by atoms with Gasteiger partial charge in [0.2, 0.25) is 6.41 Å². The van der Waals surface area contributed by atoms with E-state index in [1.165, 1.54) is 0 Å². The third-order valence-electron chi connectivity index (χ3n) is 1.68. The van der Waals surface area contributed by atoms with Crippen LogP contribution in [-0.2, 0) is 4.79 Å². The minimum absolute atomic E-state index is 0.181. The quantitative estimate of drug-likeness (QED) is 0.588. The summed E-state index contributed by atoms with van der Waals surface area (Å²) in [6.07, 6.45) is 0.628. The number of carbonyl (C=O) groups is 1. The second-order valence-corrected chi connectivity index (χ2v) is 3.66. The first-order valence-electron chi connectivity index (χ1n) is 3.81. The Bertz CT molecular complexity index is 127. The van der Waals surface area contributed by atoms with Crippen LogP contribution in [0.5, 0.6) is 0 Å². The van der Waals surface area contributed by atoms with Crippen molar-refractivity contribution in [2.45, 2.75) is 39.3 Å². The maximum atomic E-state index is 10.1. The van der Waals surface area contributed by atoms with Gasteiger partial charge < -0.3 is 10.4 Å². The van der Waals surface area contributed by atoms with E-state index in [4.69, 9.17) is 0 Å². The molecule has 0 unspecified atom stereocenters. The summed E-state index contributed by atoms with van der Waals surface area (Å²) in [5, 5.41) is 12.1. The zero-order valence-corrected chi connectivity index (χ0v) is 7.59. The normalized spacial score (nSPS) is 14.7. The molecular formula is C8H17NO2. The minimum atomic E-state index is -0.852. The van der Waals surface area contributed by atoms with Crippen LogP contribution in [0, 0.1) is 5.92 Å². The van der Waals surface area contributed by atoms with Gasteiger partial charge in [0.25, 0.3) is 0 Å². The lowest BCUT2D eigenvalue weighted by Crippen LogP contribution is -2.49. The number of hydrogen-bond donors (Lipinski definition) is 2. The highest BCUT2D eigenvalue weighted by molar-refractivity contribution is 5.47. The molecule has 0 spiro atoms. The van der Waals surface area contributed by atoms with Crippen LogP contribution in [-0.4, -0.2) is 23.2 Å². The summed E-state index contributed by atoms with van der Waals surface area (Å²) in [5.74, 6) is 0.236. The number of amides is 1. The highest BCUT2D eigenvalue weighted by Crippen LogP contribution is 2.15. The maximum absolute atomic E-state index is 10.1. The van der Waals surface area contributed by atoms with E-state index in [0.29, 0.717) is 6.41 Å². The lowest BCUT2D eigenvalue weighted by molar-refractivity contribution is -0.112. The van der Waals surface area contributed by atoms with Gasteiger partial charge in [-0.1, -0.05) is 13.8 Å². The monoisotopic (exact) mass is 159 g/mol. The fourth-order valence-electron chi connectivity index (χ4n) is 1.29. The van der Waals surface area contributed by atoms with Crippen molar-refractivity contribution in [2.24, 2.45) is 5.92 Å². The zero-order chi connectivity index (χ0) is 9.07. The SMILES string of the molecule is CC(C)[C@H](NC=O)C(C)(C)O. The van der Waals surface area contributed by atoms with Crippen molar-refractivity contribution in [1.29, 1.82) is 0 Å². The highest BCUT2D eigenvalue weighted by atomic mass is 16.3. The van der Waals surface area contributed by atoms with E-state index < -0.39 is 5.60 Å². The van der Waals surface area contributed by atoms with Crippen LogP contribution < -0.4 is 5.32 Å². The molecule has 1 amide bonds. The van der Waals surface area contributed by atoms with E-state index in [-0.39, 0.29) is 12.0 Å². The van der Waals surface area contributed by atoms with Gasteiger partial charge in [0.1, 0.15) is 0 Å². The first-order chi connectivity index (χ1) is 4.89. The highest BCUT2D eigenvalue weighted by Gasteiger charge is 2.28. The predicted molar refractivity (Wildman–Crippen MR) is 44.1 cm³/mol. The van der Waals surface area contributed by atoms with Gasteiger partial charge in [0.15, 0.2) is 0 Å². The summed E-state index contributed by atoms with van der Waals surface area (Å²) in [5.41, 5.74) is -0.852. The van der Waals surface area contributed by atoms with Crippen molar-refractivity contribution in [2.75, 3.05) is 0 Å². The molecule has 0 aromatic carbocycles. The maximum Gasteiger partial charge on any atom is 0.207 e. The molecule has 1 atom stereocenters. The predicted octanol–water partition coefficient (Wildman–Crippen LogP) is 0.528. The Morgan fingerprint density at radius 1 is 1.45 bits per heavy atom. The van der Waals surface area contributed by atoms with Crippen molar-refractivity contribution in [3.8, 4) is 0 Å². The molecule has 0 saturated carbocycles. The zero-order valence-electron chi connectivity index (χ0n) is 7.59. The second-order valence-electron chi connectivity index (χ2n) is 3.66. The Kier molecular flexibility index (Phi) is 3.52. The van der Waals surface area contributed by atoms with Crippen LogP contribution in [0.3, 0.4) is 0 Å². The van der Waals surface area contributed by atoms with E-state index in [0.717, 1.165) is 0 Å². The molecule has 3 nitrogen and oxygen atoms in total. The van der Waals surface area contributed by atoms with Crippen LogP contribution in [0.15, 0.2) is 0 Å². The molecule has 3 heteroatoms. The second kappa shape index (κ2) is 3.72. The Morgan fingerprint density at radius 2 is 1.91 bits per heavy atom. The van der Waals surface area contributed by atoms with Crippen LogP contribution in [0.4, 0.5) is 0 Å². The average molecular weight is 159 g/mol. The van der Waals surface area contributed by atoms with Crippen molar-refractivity contribution < 1.29 is 9.90 Å². The van der Waals surface area contributed by atoms with Gasteiger partial charge in [-0.25, -0.2) is 0 Å². The minimum Gasteiger partial charge on any atom is -0.388 e. The Morgan fingerprint density at radius 3 is 2.00 bits per heavy atom. The van der Waals surface area contributed by atoms with Gasteiger partial charge in [0, 0.05) is 0 Å². The summed E-state index contributed by atoms with van der Waals surface area (Å²) in [4.78, 5) is 10.1. The van der Waals surface area contributed by atoms with E-state index in [1.807, 2.05) is 13.8 Å². The lowest BCUT2D eigenvalue weighted by Gasteiger charge is -2.31. The van der Waals surface area contributed by atoms with Crippen LogP contribution in [0.2, 0.25) is 0 Å². The molecule has 0 saturated heterocycles. The van der Waals surface area contributed by atoms with Gasteiger partial charge in [-0.2, -0.15) is 0 Å². The number of carbonyl (C=O) groups excluding carboxylic acids is 1. The molecule has 0 aromatic heterocycles. The molecule has 0 radical (unpaired) electrons. The number of rotatable bonds is 4. The molecule has 0 aliphatic carbocycles. The van der Waals surface area contributed by atoms with E-state index in [2.05, 4.69) is 5.32 Å². The molecule has 66 valence electrons. The molecule has 0 heterocycles. The van der Waals surface area contributed by atoms with Gasteiger partial charge in [0.05, 0.1) is 11.6 Å². The third kappa shape index (κ3) is 3.37. The lowest BCUT2D eigenvalue weighted by atomic mass is 9.89. The summed E-state index contributed by atoms with van der Waals surface area (Å²) in [7, 11) is 0. The first kappa shape index (κ1) is 10.4. The van der Waals surface area contributed by atoms with Crippen LogP contribution >= 0.6 is 0 Å². The Labute approximate surface area is 67.8 Å². The van der Waals surface area contributed by atoms with Gasteiger partial charge in [-0.3, -0.25) is 4.79 Å². The molecule has 0 rings (SSSR count). The first-order valence-corrected chi connectivity index (χ1v) is 3.81. The molecule has 11 heavy (non-hydrogen) atoms. The third-order valence-corrected chi connectivity index (χ3v) is 1.68. The van der Waals surface area contributed by atoms with Gasteiger partial charge in [-0.15, -0.1) is 0 Å². The topological polar surface area (TPSA) is 49.3 Å². The average Bonchev–Trinajstić information content (AvgIpc) is 1.79. The van der Waals surface area contributed by atoms with E-state index in [9.17, 15) is 9.90 Å². The van der Waals surface area contributed by atoms with Gasteiger partial charge >= 0.3 is 0 Å². The van der Waals surface area contributed by atoms with Crippen LogP contribution in [0.1, 0.15) is 27.7 Å². The Balaban J connectivity index is 4.21. The van der Waals surface area contributed by atoms with Crippen LogP contribution in [0.25, 0.3) is 0 Å². The smallest absolute Gasteiger partial charge is 0.207 e. The summed E-state index contributed by atoms with van der Waals surface area (Å²) in [6, 6.07) is -0.181. The number of nitrogens with one attached hydrogen (secondary N) is 1. The van der Waals surface area contributed by atoms with E-state index >= 15 is 0 Å². The molecule has 0 aliphatic rings. The summed E-state index contributed by atoms with van der Waals surface area (Å²) < 4.78 is 0. The fourth-order valence-corrected chi connectivity index (χ4v) is 1.29. The van der Waals surface area contributed by atoms with Crippen molar-refractivity contribution in [3.05, 3.63) is 0 Å². The molecule has 0 bridgehead atoms. The van der Waals surface area contributed by atoms with Gasteiger partial charge in [-0.05, 0) is 19.8 Å².